The number of hydrogen-bond acceptors (Lipinski definition) is 2. The molecule has 0 N–H and O–H groups in total. The Morgan fingerprint density at radius 1 is 1.11 bits per heavy atom. The maximum atomic E-state index is 11.9. The molecule has 0 aromatic heterocycles. The van der Waals surface area contributed by atoms with Crippen molar-refractivity contribution in [1.82, 2.24) is 0 Å². The van der Waals surface area contributed by atoms with E-state index < -0.39 is 0 Å². The molecule has 0 aliphatic carbocycles. The van der Waals surface area contributed by atoms with Crippen molar-refractivity contribution >= 4 is 51.7 Å². The smallest absolute Gasteiger partial charge is 0.147 e. The Morgan fingerprint density at radius 3 is 2.47 bits per heavy atom. The summed E-state index contributed by atoms with van der Waals surface area (Å²) in [5, 5.41) is 0.703. The molecule has 2 aromatic carbocycles. The molecule has 2 rings (SSSR count). The van der Waals surface area contributed by atoms with Gasteiger partial charge in [0.15, 0.2) is 0 Å². The zero-order valence-electron chi connectivity index (χ0n) is 10.1. The summed E-state index contributed by atoms with van der Waals surface area (Å²) in [7, 11) is 0. The van der Waals surface area contributed by atoms with Crippen molar-refractivity contribution in [3.8, 4) is 0 Å². The fraction of sp³-hybridized carbons (Fsp3) is 0.133. The van der Waals surface area contributed by atoms with Gasteiger partial charge in [0.25, 0.3) is 0 Å². The largest absolute Gasteiger partial charge is 0.298 e. The maximum Gasteiger partial charge on any atom is 0.147 e. The van der Waals surface area contributed by atoms with Gasteiger partial charge < -0.3 is 0 Å². The van der Waals surface area contributed by atoms with Crippen LogP contribution in [0.25, 0.3) is 0 Å². The van der Waals surface area contributed by atoms with Gasteiger partial charge in [-0.15, -0.1) is 11.8 Å². The van der Waals surface area contributed by atoms with Crippen LogP contribution in [0, 0.1) is 3.57 Å². The number of hydrogen-bond donors (Lipinski definition) is 0. The highest BCUT2D eigenvalue weighted by Crippen LogP contribution is 2.26. The number of Topliss-reactive ketones (excluding diaryl/α,β-unsaturated/α-hetero) is 1. The van der Waals surface area contributed by atoms with Gasteiger partial charge in [0.1, 0.15) is 5.78 Å². The first kappa shape index (κ1) is 14.9. The van der Waals surface area contributed by atoms with Crippen LogP contribution in [-0.4, -0.2) is 11.5 Å². The average molecular weight is 403 g/mol. The van der Waals surface area contributed by atoms with Gasteiger partial charge >= 0.3 is 0 Å². The number of thioether (sulfide) groups is 1. The van der Waals surface area contributed by atoms with E-state index in [-0.39, 0.29) is 5.78 Å². The molecule has 4 heteroatoms. The number of halogens is 2. The second-order valence-electron chi connectivity index (χ2n) is 4.06. The molecule has 98 valence electrons. The lowest BCUT2D eigenvalue weighted by Gasteiger charge is -2.04. The highest BCUT2D eigenvalue weighted by molar-refractivity contribution is 14.1. The highest BCUT2D eigenvalue weighted by Gasteiger charge is 2.06. The van der Waals surface area contributed by atoms with Crippen molar-refractivity contribution in [3.63, 3.8) is 0 Å². The summed E-state index contributed by atoms with van der Waals surface area (Å²) in [6, 6.07) is 15.6. The van der Waals surface area contributed by atoms with Gasteiger partial charge in [-0.25, -0.2) is 0 Å². The maximum absolute atomic E-state index is 11.9. The molecule has 0 aliphatic rings. The standard InChI is InChI=1S/C15H12ClIOS/c16-14-3-1-2-4-15(14)19-10-13(18)9-11-5-7-12(17)8-6-11/h1-8H,9-10H2. The van der Waals surface area contributed by atoms with E-state index in [4.69, 9.17) is 11.6 Å². The van der Waals surface area contributed by atoms with Crippen LogP contribution >= 0.6 is 46.0 Å². The Kier molecular flexibility index (Phi) is 5.73. The molecule has 19 heavy (non-hydrogen) atoms. The molecule has 1 nitrogen and oxygen atoms in total. The second-order valence-corrected chi connectivity index (χ2v) is 6.73. The summed E-state index contributed by atoms with van der Waals surface area (Å²) < 4.78 is 1.18. The molecular weight excluding hydrogens is 391 g/mol. The van der Waals surface area contributed by atoms with Crippen molar-refractivity contribution in [1.29, 1.82) is 0 Å². The van der Waals surface area contributed by atoms with E-state index in [0.29, 0.717) is 17.2 Å². The van der Waals surface area contributed by atoms with Crippen molar-refractivity contribution in [2.75, 3.05) is 5.75 Å². The van der Waals surface area contributed by atoms with E-state index in [1.54, 1.807) is 0 Å². The highest BCUT2D eigenvalue weighted by atomic mass is 127. The fourth-order valence-corrected chi connectivity index (χ4v) is 3.06. The lowest BCUT2D eigenvalue weighted by molar-refractivity contribution is -0.116. The first-order valence-corrected chi connectivity index (χ1v) is 8.23. The molecule has 0 atom stereocenters. The SMILES string of the molecule is O=C(CSc1ccccc1Cl)Cc1ccc(I)cc1. The molecule has 0 saturated heterocycles. The molecular formula is C15H12ClIOS. The second kappa shape index (κ2) is 7.31. The van der Waals surface area contributed by atoms with Crippen LogP contribution in [0.5, 0.6) is 0 Å². The zero-order valence-corrected chi connectivity index (χ0v) is 13.8. The Labute approximate surface area is 135 Å². The van der Waals surface area contributed by atoms with Gasteiger partial charge in [-0.3, -0.25) is 4.79 Å². The van der Waals surface area contributed by atoms with Gasteiger partial charge in [-0.2, -0.15) is 0 Å². The molecule has 0 heterocycles. The number of carbonyl (C=O) groups is 1. The van der Waals surface area contributed by atoms with Crippen LogP contribution < -0.4 is 0 Å². The van der Waals surface area contributed by atoms with Crippen molar-refractivity contribution in [2.24, 2.45) is 0 Å². The normalized spacial score (nSPS) is 10.4. The number of ketones is 1. The van der Waals surface area contributed by atoms with Crippen molar-refractivity contribution < 1.29 is 4.79 Å². The quantitative estimate of drug-likeness (QED) is 0.525. The van der Waals surface area contributed by atoms with Crippen LogP contribution in [0.4, 0.5) is 0 Å². The zero-order chi connectivity index (χ0) is 13.7. The average Bonchev–Trinajstić information content (AvgIpc) is 2.40. The number of rotatable bonds is 5. The molecule has 0 fully saturated rings. The number of benzene rings is 2. The molecule has 0 saturated carbocycles. The summed E-state index contributed by atoms with van der Waals surface area (Å²) in [6.07, 6.45) is 0.481. The van der Waals surface area contributed by atoms with E-state index in [1.165, 1.54) is 15.3 Å². The Morgan fingerprint density at radius 2 is 1.79 bits per heavy atom. The minimum absolute atomic E-state index is 0.214. The molecule has 0 aliphatic heterocycles. The van der Waals surface area contributed by atoms with Crippen LogP contribution in [0.2, 0.25) is 5.02 Å². The first-order chi connectivity index (χ1) is 9.15. The summed E-state index contributed by atoms with van der Waals surface area (Å²) in [6.45, 7) is 0. The van der Waals surface area contributed by atoms with E-state index in [2.05, 4.69) is 22.6 Å². The topological polar surface area (TPSA) is 17.1 Å². The molecule has 0 unspecified atom stereocenters. The third kappa shape index (κ3) is 4.82. The van der Waals surface area contributed by atoms with Crippen LogP contribution in [0.3, 0.4) is 0 Å². The molecule has 0 amide bonds. The Balaban J connectivity index is 1.88. The molecule has 0 bridgehead atoms. The lowest BCUT2D eigenvalue weighted by atomic mass is 10.1. The summed E-state index contributed by atoms with van der Waals surface area (Å²) in [4.78, 5) is 12.9. The minimum Gasteiger partial charge on any atom is -0.298 e. The summed E-state index contributed by atoms with van der Waals surface area (Å²) in [5.74, 6) is 0.668. The van der Waals surface area contributed by atoms with Gasteiger partial charge in [-0.05, 0) is 52.4 Å². The van der Waals surface area contributed by atoms with Crippen molar-refractivity contribution in [2.45, 2.75) is 11.3 Å². The predicted molar refractivity (Wildman–Crippen MR) is 90.0 cm³/mol. The summed E-state index contributed by atoms with van der Waals surface area (Å²) >= 11 is 9.80. The molecule has 0 radical (unpaired) electrons. The van der Waals surface area contributed by atoms with Crippen LogP contribution in [-0.2, 0) is 11.2 Å². The van der Waals surface area contributed by atoms with E-state index >= 15 is 0 Å². The lowest BCUT2D eigenvalue weighted by Crippen LogP contribution is -2.05. The Bertz CT molecular complexity index is 569. The van der Waals surface area contributed by atoms with Gasteiger partial charge in [0.05, 0.1) is 10.8 Å². The van der Waals surface area contributed by atoms with E-state index in [1.807, 2.05) is 48.5 Å². The van der Waals surface area contributed by atoms with Crippen molar-refractivity contribution in [3.05, 3.63) is 62.7 Å². The van der Waals surface area contributed by atoms with Crippen LogP contribution in [0.15, 0.2) is 53.4 Å². The molecule has 2 aromatic rings. The fourth-order valence-electron chi connectivity index (χ4n) is 1.60. The monoisotopic (exact) mass is 402 g/mol. The van der Waals surface area contributed by atoms with Gasteiger partial charge in [-0.1, -0.05) is 35.9 Å². The summed E-state index contributed by atoms with van der Waals surface area (Å²) in [5.41, 5.74) is 1.06. The van der Waals surface area contributed by atoms with Crippen LogP contribution in [0.1, 0.15) is 5.56 Å². The number of carbonyl (C=O) groups excluding carboxylic acids is 1. The third-order valence-corrected chi connectivity index (χ3v) is 4.83. The first-order valence-electron chi connectivity index (χ1n) is 5.78. The predicted octanol–water partition coefficient (Wildman–Crippen LogP) is 4.85. The molecule has 0 spiro atoms. The Hall–Kier alpha value is -0.520. The minimum atomic E-state index is 0.214. The van der Waals surface area contributed by atoms with Gasteiger partial charge in [0.2, 0.25) is 0 Å². The van der Waals surface area contributed by atoms with E-state index in [0.717, 1.165) is 10.5 Å². The third-order valence-electron chi connectivity index (χ3n) is 2.54. The van der Waals surface area contributed by atoms with Gasteiger partial charge in [0, 0.05) is 14.9 Å². The van der Waals surface area contributed by atoms with E-state index in [9.17, 15) is 4.79 Å².